The van der Waals surface area contributed by atoms with E-state index in [-0.39, 0.29) is 24.4 Å². The fourth-order valence-corrected chi connectivity index (χ4v) is 1.54. The molecule has 1 N–H and O–H groups in total. The van der Waals surface area contributed by atoms with Gasteiger partial charge in [-0.25, -0.2) is 0 Å². The first-order valence-electron chi connectivity index (χ1n) is 3.53. The van der Waals surface area contributed by atoms with Crippen molar-refractivity contribution < 1.29 is 14.6 Å². The number of fused-ring (bicyclic) bond motifs is 2. The predicted octanol–water partition coefficient (Wildman–Crippen LogP) is -0.548. The maximum Gasteiger partial charge on any atom is 0.117 e. The zero-order valence-corrected chi connectivity index (χ0v) is 5.31. The maximum absolute atomic E-state index is 9.42. The van der Waals surface area contributed by atoms with E-state index >= 15 is 0 Å². The van der Waals surface area contributed by atoms with Crippen molar-refractivity contribution in [3.05, 3.63) is 12.2 Å². The average Bonchev–Trinajstić information content (AvgIpc) is 2.76. The molecule has 10 heavy (non-hydrogen) atoms. The third-order valence-electron chi connectivity index (χ3n) is 2.29. The molecule has 0 aromatic heterocycles. The number of ether oxygens (including phenoxy) is 2. The van der Waals surface area contributed by atoms with Crippen LogP contribution in [0.15, 0.2) is 12.2 Å². The molecule has 1 aliphatic carbocycles. The lowest BCUT2D eigenvalue weighted by molar-refractivity contribution is 0.103. The van der Waals surface area contributed by atoms with Crippen molar-refractivity contribution in [3.8, 4) is 0 Å². The van der Waals surface area contributed by atoms with E-state index in [1.807, 2.05) is 12.2 Å². The second kappa shape index (κ2) is 1.44. The molecule has 3 rings (SSSR count). The molecule has 0 radical (unpaired) electrons. The summed E-state index contributed by atoms with van der Waals surface area (Å²) >= 11 is 0. The zero-order chi connectivity index (χ0) is 6.72. The highest BCUT2D eigenvalue weighted by Crippen LogP contribution is 2.40. The number of rotatable bonds is 0. The van der Waals surface area contributed by atoms with Crippen LogP contribution in [0.5, 0.6) is 0 Å². The molecule has 2 heterocycles. The standard InChI is InChI=1S/C7H8O3/c8-5-6-3(9-6)1-2-4-7(5)10-4/h1-8H/t3-,4+,5?,6-,7+. The Morgan fingerprint density at radius 1 is 1.00 bits per heavy atom. The highest BCUT2D eigenvalue weighted by molar-refractivity contribution is 5.19. The molecule has 0 aromatic carbocycles. The third kappa shape index (κ3) is 0.551. The van der Waals surface area contributed by atoms with E-state index in [1.165, 1.54) is 0 Å². The van der Waals surface area contributed by atoms with Crippen LogP contribution in [-0.4, -0.2) is 35.6 Å². The first kappa shape index (κ1) is 5.29. The number of hydrogen-bond acceptors (Lipinski definition) is 3. The van der Waals surface area contributed by atoms with Crippen LogP contribution < -0.4 is 0 Å². The van der Waals surface area contributed by atoms with Crippen LogP contribution in [-0.2, 0) is 9.47 Å². The first-order chi connectivity index (χ1) is 4.86. The Labute approximate surface area is 58.2 Å². The lowest BCUT2D eigenvalue weighted by Gasteiger charge is -1.99. The Bertz CT molecular complexity index is 181. The predicted molar refractivity (Wildman–Crippen MR) is 32.5 cm³/mol. The minimum absolute atomic E-state index is 0.0220. The molecule has 0 aromatic rings. The van der Waals surface area contributed by atoms with Crippen molar-refractivity contribution in [3.63, 3.8) is 0 Å². The van der Waals surface area contributed by atoms with Crippen molar-refractivity contribution in [2.75, 3.05) is 0 Å². The molecule has 3 nitrogen and oxygen atoms in total. The van der Waals surface area contributed by atoms with Crippen molar-refractivity contribution in [1.29, 1.82) is 0 Å². The summed E-state index contributed by atoms with van der Waals surface area (Å²) in [7, 11) is 0. The van der Waals surface area contributed by atoms with Crippen LogP contribution in [0, 0.1) is 0 Å². The van der Waals surface area contributed by atoms with Gasteiger partial charge in [0.2, 0.25) is 0 Å². The SMILES string of the molecule is OC1[C@H]2O[C@H]2C=C[C@H]2O[C@@H]12. The monoisotopic (exact) mass is 140 g/mol. The van der Waals surface area contributed by atoms with Crippen molar-refractivity contribution in [1.82, 2.24) is 0 Å². The zero-order valence-electron chi connectivity index (χ0n) is 5.31. The first-order valence-corrected chi connectivity index (χ1v) is 3.53. The fraction of sp³-hybridized carbons (Fsp3) is 0.714. The van der Waals surface area contributed by atoms with Gasteiger partial charge in [0.1, 0.15) is 30.5 Å². The van der Waals surface area contributed by atoms with E-state index in [4.69, 9.17) is 9.47 Å². The van der Waals surface area contributed by atoms with Crippen LogP contribution in [0.1, 0.15) is 0 Å². The molecular formula is C7H8O3. The number of epoxide rings is 2. The van der Waals surface area contributed by atoms with Gasteiger partial charge in [0, 0.05) is 0 Å². The van der Waals surface area contributed by atoms with Gasteiger partial charge < -0.3 is 14.6 Å². The molecule has 5 atom stereocenters. The molecular weight excluding hydrogens is 132 g/mol. The van der Waals surface area contributed by atoms with Crippen LogP contribution in [0.25, 0.3) is 0 Å². The fourth-order valence-electron chi connectivity index (χ4n) is 1.54. The van der Waals surface area contributed by atoms with E-state index in [0.717, 1.165) is 0 Å². The Hall–Kier alpha value is -0.380. The number of aliphatic hydroxyl groups excluding tert-OH is 1. The molecule has 2 aliphatic heterocycles. The van der Waals surface area contributed by atoms with Crippen LogP contribution in [0.2, 0.25) is 0 Å². The van der Waals surface area contributed by atoms with Crippen LogP contribution >= 0.6 is 0 Å². The lowest BCUT2D eigenvalue weighted by atomic mass is 10.1. The smallest absolute Gasteiger partial charge is 0.117 e. The van der Waals surface area contributed by atoms with Gasteiger partial charge in [-0.2, -0.15) is 0 Å². The van der Waals surface area contributed by atoms with Gasteiger partial charge >= 0.3 is 0 Å². The highest BCUT2D eigenvalue weighted by Gasteiger charge is 2.56. The van der Waals surface area contributed by atoms with Crippen LogP contribution in [0.3, 0.4) is 0 Å². The van der Waals surface area contributed by atoms with Gasteiger partial charge in [0.25, 0.3) is 0 Å². The summed E-state index contributed by atoms with van der Waals surface area (Å²) in [6, 6.07) is 0. The van der Waals surface area contributed by atoms with Crippen LogP contribution in [0.4, 0.5) is 0 Å². The summed E-state index contributed by atoms with van der Waals surface area (Å²) in [6.45, 7) is 0. The normalized spacial score (nSPS) is 62.3. The quantitative estimate of drug-likeness (QED) is 0.363. The summed E-state index contributed by atoms with van der Waals surface area (Å²) in [5, 5.41) is 9.42. The molecule has 54 valence electrons. The molecule has 3 heteroatoms. The molecule has 0 bridgehead atoms. The van der Waals surface area contributed by atoms with E-state index in [9.17, 15) is 5.11 Å². The molecule has 0 saturated carbocycles. The third-order valence-corrected chi connectivity index (χ3v) is 2.29. The van der Waals surface area contributed by atoms with Gasteiger partial charge in [0.05, 0.1) is 0 Å². The minimum Gasteiger partial charge on any atom is -0.387 e. The molecule has 2 saturated heterocycles. The minimum atomic E-state index is -0.398. The van der Waals surface area contributed by atoms with Crippen molar-refractivity contribution in [2.45, 2.75) is 30.5 Å². The number of aliphatic hydroxyl groups is 1. The average molecular weight is 140 g/mol. The Morgan fingerprint density at radius 3 is 2.00 bits per heavy atom. The maximum atomic E-state index is 9.42. The topological polar surface area (TPSA) is 45.3 Å². The summed E-state index contributed by atoms with van der Waals surface area (Å²) in [5.74, 6) is 0. The Balaban J connectivity index is 1.91. The second-order valence-electron chi connectivity index (χ2n) is 3.01. The van der Waals surface area contributed by atoms with Gasteiger partial charge in [0.15, 0.2) is 0 Å². The molecule has 0 amide bonds. The molecule has 0 spiro atoms. The van der Waals surface area contributed by atoms with E-state index in [1.54, 1.807) is 0 Å². The summed E-state index contributed by atoms with van der Waals surface area (Å²) in [4.78, 5) is 0. The second-order valence-corrected chi connectivity index (χ2v) is 3.01. The summed E-state index contributed by atoms with van der Waals surface area (Å²) in [6.07, 6.45) is 3.95. The van der Waals surface area contributed by atoms with Crippen molar-refractivity contribution in [2.24, 2.45) is 0 Å². The van der Waals surface area contributed by atoms with Gasteiger partial charge in [-0.05, 0) is 0 Å². The molecule has 3 aliphatic rings. The largest absolute Gasteiger partial charge is 0.387 e. The van der Waals surface area contributed by atoms with Gasteiger partial charge in [-0.1, -0.05) is 12.2 Å². The summed E-state index contributed by atoms with van der Waals surface area (Å²) < 4.78 is 10.3. The molecule has 1 unspecified atom stereocenters. The lowest BCUT2D eigenvalue weighted by Crippen LogP contribution is -2.23. The Kier molecular flexibility index (Phi) is 0.764. The van der Waals surface area contributed by atoms with E-state index in [2.05, 4.69) is 0 Å². The van der Waals surface area contributed by atoms with E-state index < -0.39 is 6.10 Å². The molecule has 2 fully saturated rings. The summed E-state index contributed by atoms with van der Waals surface area (Å²) in [5.41, 5.74) is 0. The van der Waals surface area contributed by atoms with Gasteiger partial charge in [-0.3, -0.25) is 0 Å². The van der Waals surface area contributed by atoms with E-state index in [0.29, 0.717) is 0 Å². The van der Waals surface area contributed by atoms with Gasteiger partial charge in [-0.15, -0.1) is 0 Å². The van der Waals surface area contributed by atoms with Crippen molar-refractivity contribution >= 4 is 0 Å². The number of hydrogen-bond donors (Lipinski definition) is 1. The highest BCUT2D eigenvalue weighted by atomic mass is 16.6. The Morgan fingerprint density at radius 2 is 1.50 bits per heavy atom.